The Morgan fingerprint density at radius 2 is 1.86 bits per heavy atom. The van der Waals surface area contributed by atoms with Crippen molar-refractivity contribution in [1.29, 1.82) is 0 Å². The van der Waals surface area contributed by atoms with E-state index < -0.39 is 0 Å². The Morgan fingerprint density at radius 1 is 1.14 bits per heavy atom. The van der Waals surface area contributed by atoms with Gasteiger partial charge in [0.05, 0.1) is 12.9 Å². The van der Waals surface area contributed by atoms with Crippen molar-refractivity contribution in [1.82, 2.24) is 24.8 Å². The minimum Gasteiger partial charge on any atom is -0.497 e. The fraction of sp³-hybridized carbons (Fsp3) is 0.105. The van der Waals surface area contributed by atoms with Gasteiger partial charge in [0.2, 0.25) is 5.16 Å². The fourth-order valence-electron chi connectivity index (χ4n) is 2.62. The molecule has 0 saturated heterocycles. The van der Waals surface area contributed by atoms with Gasteiger partial charge in [-0.15, -0.1) is 10.2 Å². The smallest absolute Gasteiger partial charge is 0.279 e. The third-order valence-electron chi connectivity index (χ3n) is 4.11. The molecule has 0 spiro atoms. The number of halogens is 1. The molecular weight excluding hydrogens is 414 g/mol. The summed E-state index contributed by atoms with van der Waals surface area (Å²) in [6, 6.07) is 13.6. The molecule has 0 radical (unpaired) electrons. The van der Waals surface area contributed by atoms with Crippen LogP contribution in [0.2, 0.25) is 5.02 Å². The summed E-state index contributed by atoms with van der Waals surface area (Å²) in [6.45, 7) is 0. The van der Waals surface area contributed by atoms with Gasteiger partial charge < -0.3 is 4.74 Å². The van der Waals surface area contributed by atoms with Crippen molar-refractivity contribution < 1.29 is 9.53 Å². The molecule has 0 aliphatic rings. The summed E-state index contributed by atoms with van der Waals surface area (Å²) in [4.78, 5) is 27.4. The molecule has 2 aromatic heterocycles. The molecule has 0 aliphatic heterocycles. The zero-order valence-electron chi connectivity index (χ0n) is 15.1. The molecule has 0 unspecified atom stereocenters. The van der Waals surface area contributed by atoms with E-state index in [9.17, 15) is 9.59 Å². The largest absolute Gasteiger partial charge is 0.497 e. The van der Waals surface area contributed by atoms with Gasteiger partial charge in [0.25, 0.3) is 11.3 Å². The topological polar surface area (TPSA) is 102 Å². The SMILES string of the molecule is COc1ccc(-c2nn3c(SCC(=O)c4ccc(Cl)cc4)nnc3[nH]c2=O)cc1. The number of thioether (sulfide) groups is 1. The van der Waals surface area contributed by atoms with Gasteiger partial charge in [-0.1, -0.05) is 23.4 Å². The van der Waals surface area contributed by atoms with E-state index >= 15 is 0 Å². The number of nitrogens with zero attached hydrogens (tertiary/aromatic N) is 4. The Kier molecular flexibility index (Phi) is 5.32. The number of hydrogen-bond acceptors (Lipinski definition) is 7. The fourth-order valence-corrected chi connectivity index (χ4v) is 3.52. The first-order valence-electron chi connectivity index (χ1n) is 8.47. The summed E-state index contributed by atoms with van der Waals surface area (Å²) in [6.07, 6.45) is 0. The van der Waals surface area contributed by atoms with Crippen molar-refractivity contribution in [3.8, 4) is 17.0 Å². The van der Waals surface area contributed by atoms with Crippen LogP contribution in [0.1, 0.15) is 10.4 Å². The summed E-state index contributed by atoms with van der Waals surface area (Å²) in [5.41, 5.74) is 1.00. The standard InChI is InChI=1S/C19H14ClN5O3S/c1-28-14-8-4-12(5-9-14)16-17(27)21-18-22-23-19(25(18)24-16)29-10-15(26)11-2-6-13(20)7-3-11/h2-9H,10H2,1H3,(H,21,22,27). The number of ketones is 1. The van der Waals surface area contributed by atoms with Crippen molar-refractivity contribution >= 4 is 34.9 Å². The molecule has 1 N–H and O–H groups in total. The van der Waals surface area contributed by atoms with Crippen LogP contribution in [-0.2, 0) is 0 Å². The highest BCUT2D eigenvalue weighted by Crippen LogP contribution is 2.21. The Labute approximate surface area is 173 Å². The van der Waals surface area contributed by atoms with Crippen LogP contribution < -0.4 is 10.3 Å². The molecule has 0 aliphatic carbocycles. The molecule has 2 aromatic carbocycles. The maximum Gasteiger partial charge on any atom is 0.279 e. The lowest BCUT2D eigenvalue weighted by molar-refractivity contribution is 0.102. The van der Waals surface area contributed by atoms with E-state index in [1.807, 2.05) is 0 Å². The number of rotatable bonds is 6. The molecule has 0 fully saturated rings. The molecule has 2 heterocycles. The van der Waals surface area contributed by atoms with Gasteiger partial charge in [-0.2, -0.15) is 9.61 Å². The number of methoxy groups -OCH3 is 1. The molecule has 10 heteroatoms. The zero-order valence-corrected chi connectivity index (χ0v) is 16.7. The van der Waals surface area contributed by atoms with Crippen LogP contribution in [0.5, 0.6) is 5.75 Å². The van der Waals surface area contributed by atoms with Crippen molar-refractivity contribution in [3.63, 3.8) is 0 Å². The Morgan fingerprint density at radius 3 is 2.55 bits per heavy atom. The minimum atomic E-state index is -0.385. The highest BCUT2D eigenvalue weighted by atomic mass is 35.5. The van der Waals surface area contributed by atoms with Gasteiger partial charge in [0.1, 0.15) is 5.75 Å². The highest BCUT2D eigenvalue weighted by molar-refractivity contribution is 7.99. The van der Waals surface area contributed by atoms with Crippen molar-refractivity contribution in [2.24, 2.45) is 0 Å². The number of hydrogen-bond donors (Lipinski definition) is 1. The normalized spacial score (nSPS) is 11.0. The maximum atomic E-state index is 12.4. The second kappa shape index (κ2) is 8.06. The van der Waals surface area contributed by atoms with Crippen molar-refractivity contribution in [2.75, 3.05) is 12.9 Å². The van der Waals surface area contributed by atoms with Crippen LogP contribution >= 0.6 is 23.4 Å². The van der Waals surface area contributed by atoms with E-state index in [4.69, 9.17) is 16.3 Å². The lowest BCUT2D eigenvalue weighted by atomic mass is 10.1. The van der Waals surface area contributed by atoms with E-state index in [1.165, 1.54) is 16.3 Å². The Balaban J connectivity index is 1.61. The summed E-state index contributed by atoms with van der Waals surface area (Å²) in [7, 11) is 1.57. The first-order chi connectivity index (χ1) is 14.0. The number of carbonyl (C=O) groups excluding carboxylic acids is 1. The molecule has 29 heavy (non-hydrogen) atoms. The molecule has 0 bridgehead atoms. The second-order valence-electron chi connectivity index (χ2n) is 5.97. The number of nitrogens with one attached hydrogen (secondary N) is 1. The Hall–Kier alpha value is -3.17. The molecular formula is C19H14ClN5O3S. The summed E-state index contributed by atoms with van der Waals surface area (Å²) >= 11 is 7.03. The maximum absolute atomic E-state index is 12.4. The van der Waals surface area contributed by atoms with Crippen LogP contribution in [-0.4, -0.2) is 43.4 Å². The third-order valence-corrected chi connectivity index (χ3v) is 5.29. The number of carbonyl (C=O) groups is 1. The molecule has 4 aromatic rings. The van der Waals surface area contributed by atoms with Gasteiger partial charge in [0.15, 0.2) is 11.5 Å². The van der Waals surface area contributed by atoms with E-state index in [0.29, 0.717) is 27.1 Å². The molecule has 8 nitrogen and oxygen atoms in total. The quantitative estimate of drug-likeness (QED) is 0.372. The predicted octanol–water partition coefficient (Wildman–Crippen LogP) is 3.12. The summed E-state index contributed by atoms with van der Waals surface area (Å²) in [5, 5.41) is 13.3. The lowest BCUT2D eigenvalue weighted by Gasteiger charge is -2.04. The number of fused-ring (bicyclic) bond motifs is 1. The number of benzene rings is 2. The van der Waals surface area contributed by atoms with E-state index in [1.54, 1.807) is 55.6 Å². The first kappa shape index (κ1) is 19.2. The number of Topliss-reactive ketones (excluding diaryl/α,β-unsaturated/α-hetero) is 1. The van der Waals surface area contributed by atoms with Crippen molar-refractivity contribution in [3.05, 3.63) is 69.5 Å². The minimum absolute atomic E-state index is 0.0804. The van der Waals surface area contributed by atoms with Gasteiger partial charge >= 0.3 is 0 Å². The molecule has 0 saturated carbocycles. The van der Waals surface area contributed by atoms with Crippen LogP contribution in [0, 0.1) is 0 Å². The van der Waals surface area contributed by atoms with Crippen LogP contribution in [0.3, 0.4) is 0 Å². The lowest BCUT2D eigenvalue weighted by Crippen LogP contribution is -2.15. The van der Waals surface area contributed by atoms with Gasteiger partial charge in [-0.25, -0.2) is 0 Å². The van der Waals surface area contributed by atoms with Crippen LogP contribution in [0.15, 0.2) is 58.5 Å². The number of aromatic amines is 1. The highest BCUT2D eigenvalue weighted by Gasteiger charge is 2.15. The molecule has 0 atom stereocenters. The Bertz CT molecular complexity index is 1240. The number of ether oxygens (including phenoxy) is 1. The summed E-state index contributed by atoms with van der Waals surface area (Å²) in [5.74, 6) is 0.936. The third kappa shape index (κ3) is 4.01. The molecule has 146 valence electrons. The van der Waals surface area contributed by atoms with Gasteiger partial charge in [0, 0.05) is 16.1 Å². The van der Waals surface area contributed by atoms with Gasteiger partial charge in [-0.05, 0) is 48.5 Å². The first-order valence-corrected chi connectivity index (χ1v) is 9.83. The van der Waals surface area contributed by atoms with Crippen molar-refractivity contribution in [2.45, 2.75) is 5.16 Å². The number of H-pyrrole nitrogens is 1. The summed E-state index contributed by atoms with van der Waals surface area (Å²) < 4.78 is 6.55. The van der Waals surface area contributed by atoms with Gasteiger partial charge in [-0.3, -0.25) is 14.6 Å². The average molecular weight is 428 g/mol. The molecule has 4 rings (SSSR count). The van der Waals surface area contributed by atoms with Crippen LogP contribution in [0.25, 0.3) is 17.0 Å². The second-order valence-corrected chi connectivity index (χ2v) is 7.35. The van der Waals surface area contributed by atoms with E-state index in [2.05, 4.69) is 20.3 Å². The zero-order chi connectivity index (χ0) is 20.4. The molecule has 0 amide bonds. The average Bonchev–Trinajstić information content (AvgIpc) is 3.13. The number of aromatic nitrogens is 5. The van der Waals surface area contributed by atoms with E-state index in [-0.39, 0.29) is 28.6 Å². The van der Waals surface area contributed by atoms with E-state index in [0.717, 1.165) is 0 Å². The van der Waals surface area contributed by atoms with Crippen LogP contribution in [0.4, 0.5) is 0 Å². The monoisotopic (exact) mass is 427 g/mol. The predicted molar refractivity (Wildman–Crippen MR) is 110 cm³/mol.